The Morgan fingerprint density at radius 3 is 2.14 bits per heavy atom. The zero-order valence-electron chi connectivity index (χ0n) is 10.2. The number of benzene rings is 2. The molecule has 2 aromatic rings. The molecule has 0 N–H and O–H groups in total. The molecule has 0 aliphatic heterocycles. The summed E-state index contributed by atoms with van der Waals surface area (Å²) >= 11 is 5.22. The lowest BCUT2D eigenvalue weighted by molar-refractivity contribution is -0.289. The summed E-state index contributed by atoms with van der Waals surface area (Å²) in [6.07, 6.45) is -5.62. The second kappa shape index (κ2) is 5.83. The summed E-state index contributed by atoms with van der Waals surface area (Å²) in [5.74, 6) is -4.88. The molecule has 112 valence electrons. The van der Waals surface area contributed by atoms with E-state index in [0.717, 1.165) is 15.7 Å². The summed E-state index contributed by atoms with van der Waals surface area (Å²) in [5.41, 5.74) is -0.226. The van der Waals surface area contributed by atoms with E-state index in [1.807, 2.05) is 22.6 Å². The maximum atomic E-state index is 13.4. The fraction of sp³-hybridized carbons (Fsp3) is 0.143. The van der Waals surface area contributed by atoms with E-state index in [1.165, 1.54) is 6.07 Å². The van der Waals surface area contributed by atoms with Gasteiger partial charge in [0.05, 0.1) is 0 Å². The van der Waals surface area contributed by atoms with E-state index in [9.17, 15) is 22.0 Å². The van der Waals surface area contributed by atoms with Crippen molar-refractivity contribution in [2.75, 3.05) is 0 Å². The van der Waals surface area contributed by atoms with E-state index < -0.39 is 17.7 Å². The highest BCUT2D eigenvalue weighted by Gasteiger charge is 2.58. The molecule has 0 fully saturated rings. The molecule has 0 radical (unpaired) electrons. The Morgan fingerprint density at radius 1 is 0.905 bits per heavy atom. The van der Waals surface area contributed by atoms with Gasteiger partial charge in [0.2, 0.25) is 0 Å². The summed E-state index contributed by atoms with van der Waals surface area (Å²) in [7, 11) is 0. The minimum Gasteiger partial charge on any atom is -0.191 e. The zero-order chi connectivity index (χ0) is 15.8. The predicted molar refractivity (Wildman–Crippen MR) is 82.2 cm³/mol. The fourth-order valence-electron chi connectivity index (χ4n) is 1.76. The fourth-order valence-corrected chi connectivity index (χ4v) is 2.78. The first-order valence-corrected chi connectivity index (χ1v) is 7.50. The summed E-state index contributed by atoms with van der Waals surface area (Å²) in [4.78, 5) is 0. The van der Waals surface area contributed by atoms with E-state index in [2.05, 4.69) is 15.9 Å². The van der Waals surface area contributed by atoms with Crippen molar-refractivity contribution in [1.82, 2.24) is 0 Å². The van der Waals surface area contributed by atoms with Crippen LogP contribution in [0.1, 0.15) is 5.56 Å². The molecule has 0 nitrogen and oxygen atoms in total. The van der Waals surface area contributed by atoms with Crippen LogP contribution in [-0.2, 0) is 5.92 Å². The normalized spacial score (nSPS) is 12.5. The van der Waals surface area contributed by atoms with Crippen LogP contribution in [0.25, 0.3) is 11.1 Å². The van der Waals surface area contributed by atoms with Crippen LogP contribution in [0, 0.1) is 3.57 Å². The Bertz CT molecular complexity index is 667. The van der Waals surface area contributed by atoms with Crippen LogP contribution in [0.3, 0.4) is 0 Å². The molecule has 7 heteroatoms. The van der Waals surface area contributed by atoms with Crippen molar-refractivity contribution in [2.45, 2.75) is 12.1 Å². The van der Waals surface area contributed by atoms with Gasteiger partial charge in [-0.15, -0.1) is 0 Å². The van der Waals surface area contributed by atoms with Gasteiger partial charge in [0.1, 0.15) is 0 Å². The van der Waals surface area contributed by atoms with E-state index in [1.54, 1.807) is 24.3 Å². The number of hydrogen-bond acceptors (Lipinski definition) is 0. The first-order valence-electron chi connectivity index (χ1n) is 5.63. The first-order chi connectivity index (χ1) is 9.63. The van der Waals surface area contributed by atoms with Crippen molar-refractivity contribution in [3.8, 4) is 11.1 Å². The van der Waals surface area contributed by atoms with E-state index in [-0.39, 0.29) is 5.56 Å². The minimum atomic E-state index is -5.62. The topological polar surface area (TPSA) is 0 Å². The van der Waals surface area contributed by atoms with Gasteiger partial charge in [-0.2, -0.15) is 22.0 Å². The summed E-state index contributed by atoms with van der Waals surface area (Å²) in [6, 6.07) is 9.69. The molecule has 21 heavy (non-hydrogen) atoms. The van der Waals surface area contributed by atoms with Crippen LogP contribution in [0.5, 0.6) is 0 Å². The monoisotopic (exact) mass is 476 g/mol. The van der Waals surface area contributed by atoms with E-state index in [4.69, 9.17) is 0 Å². The maximum Gasteiger partial charge on any atom is 0.458 e. The lowest BCUT2D eigenvalue weighted by Gasteiger charge is -2.21. The molecule has 0 saturated heterocycles. The molecule has 0 saturated carbocycles. The van der Waals surface area contributed by atoms with E-state index >= 15 is 0 Å². The van der Waals surface area contributed by atoms with Crippen LogP contribution < -0.4 is 0 Å². The van der Waals surface area contributed by atoms with Crippen molar-refractivity contribution >= 4 is 38.5 Å². The lowest BCUT2D eigenvalue weighted by Crippen LogP contribution is -2.33. The third-order valence-corrected chi connectivity index (χ3v) is 4.18. The standard InChI is InChI=1S/C14H7BrF5I/c15-12-5-4-9(13(16,17)14(18,19)20)7-11(12)8-2-1-3-10(21)6-8/h1-7H. The van der Waals surface area contributed by atoms with Crippen molar-refractivity contribution in [2.24, 2.45) is 0 Å². The number of halogens is 7. The molecule has 0 heterocycles. The third-order valence-electron chi connectivity index (χ3n) is 2.82. The van der Waals surface area contributed by atoms with Crippen LogP contribution in [0.2, 0.25) is 0 Å². The quantitative estimate of drug-likeness (QED) is 0.349. The van der Waals surface area contributed by atoms with Gasteiger partial charge in [-0.3, -0.25) is 0 Å². The Labute approximate surface area is 139 Å². The first kappa shape index (κ1) is 16.7. The Morgan fingerprint density at radius 2 is 1.57 bits per heavy atom. The second-order valence-electron chi connectivity index (χ2n) is 4.28. The predicted octanol–water partition coefficient (Wildman–Crippen LogP) is 6.37. The molecule has 0 spiro atoms. The smallest absolute Gasteiger partial charge is 0.191 e. The van der Waals surface area contributed by atoms with Crippen LogP contribution in [0.4, 0.5) is 22.0 Å². The largest absolute Gasteiger partial charge is 0.458 e. The zero-order valence-corrected chi connectivity index (χ0v) is 13.9. The molecule has 0 amide bonds. The highest BCUT2D eigenvalue weighted by Crippen LogP contribution is 2.45. The van der Waals surface area contributed by atoms with Crippen molar-refractivity contribution in [1.29, 1.82) is 0 Å². The second-order valence-corrected chi connectivity index (χ2v) is 6.38. The molecule has 0 aliphatic carbocycles. The number of hydrogen-bond donors (Lipinski definition) is 0. The molecule has 2 aromatic carbocycles. The molecule has 0 aliphatic rings. The average Bonchev–Trinajstić information content (AvgIpc) is 2.37. The molecular formula is C14H7BrF5I. The highest BCUT2D eigenvalue weighted by molar-refractivity contribution is 14.1. The average molecular weight is 477 g/mol. The van der Waals surface area contributed by atoms with Crippen molar-refractivity contribution in [3.63, 3.8) is 0 Å². The summed E-state index contributed by atoms with van der Waals surface area (Å²) < 4.78 is 65.5. The van der Waals surface area contributed by atoms with E-state index in [0.29, 0.717) is 10.0 Å². The third kappa shape index (κ3) is 3.39. The van der Waals surface area contributed by atoms with Gasteiger partial charge in [-0.05, 0) is 58.0 Å². The van der Waals surface area contributed by atoms with Crippen LogP contribution in [-0.4, -0.2) is 6.18 Å². The van der Waals surface area contributed by atoms with Crippen LogP contribution >= 0.6 is 38.5 Å². The van der Waals surface area contributed by atoms with Gasteiger partial charge in [0, 0.05) is 13.6 Å². The summed E-state index contributed by atoms with van der Waals surface area (Å²) in [6.45, 7) is 0. The van der Waals surface area contributed by atoms with Gasteiger partial charge < -0.3 is 0 Å². The number of alkyl halides is 5. The van der Waals surface area contributed by atoms with Crippen LogP contribution in [0.15, 0.2) is 46.9 Å². The van der Waals surface area contributed by atoms with Gasteiger partial charge >= 0.3 is 12.1 Å². The van der Waals surface area contributed by atoms with Gasteiger partial charge in [0.25, 0.3) is 0 Å². The summed E-state index contributed by atoms with van der Waals surface area (Å²) in [5, 5.41) is 0. The van der Waals surface area contributed by atoms with Crippen molar-refractivity contribution < 1.29 is 22.0 Å². The van der Waals surface area contributed by atoms with Gasteiger partial charge in [-0.25, -0.2) is 0 Å². The van der Waals surface area contributed by atoms with Gasteiger partial charge in [0.15, 0.2) is 0 Å². The van der Waals surface area contributed by atoms with Gasteiger partial charge in [-0.1, -0.05) is 34.1 Å². The maximum absolute atomic E-state index is 13.4. The SMILES string of the molecule is FC(F)(F)C(F)(F)c1ccc(Br)c(-c2cccc(I)c2)c1. The molecule has 0 aromatic heterocycles. The highest BCUT2D eigenvalue weighted by atomic mass is 127. The molecule has 0 atom stereocenters. The molecular weight excluding hydrogens is 470 g/mol. The Balaban J connectivity index is 2.58. The lowest BCUT2D eigenvalue weighted by atomic mass is 10.00. The Hall–Kier alpha value is -0.700. The number of rotatable bonds is 2. The molecule has 0 unspecified atom stereocenters. The Kier molecular flexibility index (Phi) is 4.63. The van der Waals surface area contributed by atoms with Crippen molar-refractivity contribution in [3.05, 3.63) is 56.1 Å². The molecule has 2 rings (SSSR count). The molecule has 0 bridgehead atoms. The minimum absolute atomic E-state index is 0.287.